The molecule has 1 aromatic heterocycles. The van der Waals surface area contributed by atoms with E-state index >= 15 is 0 Å². The monoisotopic (exact) mass is 286 g/mol. The van der Waals surface area contributed by atoms with Crippen LogP contribution in [0.5, 0.6) is 5.88 Å². The van der Waals surface area contributed by atoms with Gasteiger partial charge in [0.05, 0.1) is 13.0 Å². The Morgan fingerprint density at radius 3 is 2.67 bits per heavy atom. The first-order valence-electron chi connectivity index (χ1n) is 6.59. The predicted molar refractivity (Wildman–Crippen MR) is 80.2 cm³/mol. The third-order valence-electron chi connectivity index (χ3n) is 3.03. The zero-order valence-electron chi connectivity index (χ0n) is 12.0. The second-order valence-electron chi connectivity index (χ2n) is 4.56. The minimum absolute atomic E-state index is 0.207. The van der Waals surface area contributed by atoms with Gasteiger partial charge in [0.2, 0.25) is 17.7 Å². The number of aryl methyl sites for hydroxylation is 1. The Morgan fingerprint density at radius 2 is 2.05 bits per heavy atom. The maximum Gasteiger partial charge on any atom is 0.235 e. The minimum Gasteiger partial charge on any atom is -0.481 e. The molecule has 0 radical (unpaired) electrons. The Morgan fingerprint density at radius 1 is 1.33 bits per heavy atom. The number of hydrogen-bond donors (Lipinski definition) is 2. The van der Waals surface area contributed by atoms with Gasteiger partial charge in [0.1, 0.15) is 0 Å². The number of methoxy groups -OCH3 is 1. The van der Waals surface area contributed by atoms with Gasteiger partial charge in [0.15, 0.2) is 0 Å². The summed E-state index contributed by atoms with van der Waals surface area (Å²) in [5.74, 6) is -0.0642. The molecule has 1 unspecified atom stereocenters. The third-order valence-corrected chi connectivity index (χ3v) is 3.03. The number of amides is 1. The summed E-state index contributed by atoms with van der Waals surface area (Å²) in [5, 5.41) is 2.69. The van der Waals surface area contributed by atoms with Crippen LogP contribution in [0.3, 0.4) is 0 Å². The molecule has 1 atom stereocenters. The molecule has 0 saturated carbocycles. The van der Waals surface area contributed by atoms with Gasteiger partial charge in [0, 0.05) is 18.3 Å². The van der Waals surface area contributed by atoms with Gasteiger partial charge in [-0.3, -0.25) is 10.1 Å². The van der Waals surface area contributed by atoms with Gasteiger partial charge < -0.3 is 10.5 Å². The molecule has 0 saturated heterocycles. The van der Waals surface area contributed by atoms with Gasteiger partial charge in [-0.05, 0) is 12.5 Å². The number of aromatic nitrogens is 2. The topological polar surface area (TPSA) is 90.1 Å². The van der Waals surface area contributed by atoms with Gasteiger partial charge in [-0.15, -0.1) is 0 Å². The molecule has 3 N–H and O–H groups in total. The van der Waals surface area contributed by atoms with E-state index in [1.807, 2.05) is 30.3 Å². The molecule has 6 nitrogen and oxygen atoms in total. The molecule has 2 rings (SSSR count). The second-order valence-corrected chi connectivity index (χ2v) is 4.56. The van der Waals surface area contributed by atoms with Crippen molar-refractivity contribution < 1.29 is 9.53 Å². The molecule has 0 aliphatic carbocycles. The van der Waals surface area contributed by atoms with Gasteiger partial charge in [-0.1, -0.05) is 30.3 Å². The van der Waals surface area contributed by atoms with Crippen LogP contribution in [0.15, 0.2) is 36.4 Å². The fourth-order valence-corrected chi connectivity index (χ4v) is 1.98. The van der Waals surface area contributed by atoms with E-state index in [4.69, 9.17) is 10.5 Å². The van der Waals surface area contributed by atoms with Crippen LogP contribution in [0, 0.1) is 6.92 Å². The van der Waals surface area contributed by atoms with Crippen molar-refractivity contribution in [2.24, 2.45) is 5.73 Å². The maximum atomic E-state index is 12.3. The first-order valence-corrected chi connectivity index (χ1v) is 6.59. The van der Waals surface area contributed by atoms with Gasteiger partial charge in [-0.25, -0.2) is 4.98 Å². The minimum atomic E-state index is -0.443. The highest BCUT2D eigenvalue weighted by Gasteiger charge is 2.20. The highest BCUT2D eigenvalue weighted by molar-refractivity contribution is 5.94. The molecule has 1 aromatic carbocycles. The molecule has 21 heavy (non-hydrogen) atoms. The molecule has 2 aromatic rings. The number of nitrogens with one attached hydrogen (secondary N) is 1. The zero-order chi connectivity index (χ0) is 15.2. The second kappa shape index (κ2) is 6.81. The summed E-state index contributed by atoms with van der Waals surface area (Å²) in [5.41, 5.74) is 7.29. The molecule has 0 spiro atoms. The van der Waals surface area contributed by atoms with Crippen molar-refractivity contribution in [1.29, 1.82) is 0 Å². The van der Waals surface area contributed by atoms with E-state index in [0.717, 1.165) is 5.56 Å². The largest absolute Gasteiger partial charge is 0.481 e. The molecule has 0 aliphatic heterocycles. The van der Waals surface area contributed by atoms with E-state index in [2.05, 4.69) is 15.3 Å². The Kier molecular flexibility index (Phi) is 4.84. The van der Waals surface area contributed by atoms with Crippen LogP contribution in [0.25, 0.3) is 0 Å². The number of carbonyl (C=O) groups excluding carboxylic acids is 1. The maximum absolute atomic E-state index is 12.3. The number of nitrogens with two attached hydrogens (primary N) is 1. The van der Waals surface area contributed by atoms with Crippen molar-refractivity contribution in [3.8, 4) is 5.88 Å². The number of benzene rings is 1. The summed E-state index contributed by atoms with van der Waals surface area (Å²) in [4.78, 5) is 20.6. The van der Waals surface area contributed by atoms with E-state index in [1.54, 1.807) is 13.0 Å². The first-order chi connectivity index (χ1) is 10.1. The van der Waals surface area contributed by atoms with Crippen LogP contribution in [0.4, 0.5) is 5.95 Å². The smallest absolute Gasteiger partial charge is 0.235 e. The molecule has 0 fully saturated rings. The Balaban J connectivity index is 2.18. The van der Waals surface area contributed by atoms with Gasteiger partial charge in [-0.2, -0.15) is 4.98 Å². The van der Waals surface area contributed by atoms with E-state index in [-0.39, 0.29) is 18.4 Å². The van der Waals surface area contributed by atoms with Gasteiger partial charge >= 0.3 is 0 Å². The van der Waals surface area contributed by atoms with E-state index in [9.17, 15) is 4.79 Å². The first kappa shape index (κ1) is 14.9. The van der Waals surface area contributed by atoms with Crippen LogP contribution < -0.4 is 15.8 Å². The summed E-state index contributed by atoms with van der Waals surface area (Å²) >= 11 is 0. The summed E-state index contributed by atoms with van der Waals surface area (Å²) < 4.78 is 5.06. The van der Waals surface area contributed by atoms with E-state index in [1.165, 1.54) is 7.11 Å². The zero-order valence-corrected chi connectivity index (χ0v) is 12.0. The molecule has 1 amide bonds. The van der Waals surface area contributed by atoms with Gasteiger partial charge in [0.25, 0.3) is 0 Å². The highest BCUT2D eigenvalue weighted by Crippen LogP contribution is 2.17. The fraction of sp³-hybridized carbons (Fsp3) is 0.267. The molecule has 0 aliphatic rings. The summed E-state index contributed by atoms with van der Waals surface area (Å²) in [6.07, 6.45) is 0. The lowest BCUT2D eigenvalue weighted by Crippen LogP contribution is -2.28. The van der Waals surface area contributed by atoms with Crippen LogP contribution in [-0.2, 0) is 4.79 Å². The SMILES string of the molecule is COc1cc(C)nc(NC(=O)C(CN)c2ccccc2)n1. The van der Waals surface area contributed by atoms with E-state index in [0.29, 0.717) is 11.6 Å². The average Bonchev–Trinajstić information content (AvgIpc) is 2.48. The van der Waals surface area contributed by atoms with Crippen molar-refractivity contribution >= 4 is 11.9 Å². The standard InChI is InChI=1S/C15H18N4O2/c1-10-8-13(21-2)18-15(17-10)19-14(20)12(9-16)11-6-4-3-5-7-11/h3-8,12H,9,16H2,1-2H3,(H,17,18,19,20). The van der Waals surface area contributed by atoms with Crippen LogP contribution >= 0.6 is 0 Å². The number of anilines is 1. The van der Waals surface area contributed by atoms with Crippen LogP contribution in [0.1, 0.15) is 17.2 Å². The molecular weight excluding hydrogens is 268 g/mol. The number of rotatable bonds is 5. The molecular formula is C15H18N4O2. The van der Waals surface area contributed by atoms with Crippen molar-refractivity contribution in [2.45, 2.75) is 12.8 Å². The van der Waals surface area contributed by atoms with Crippen LogP contribution in [-0.4, -0.2) is 29.5 Å². The lowest BCUT2D eigenvalue weighted by atomic mass is 9.98. The molecule has 6 heteroatoms. The highest BCUT2D eigenvalue weighted by atomic mass is 16.5. The lowest BCUT2D eigenvalue weighted by Gasteiger charge is -2.14. The fourth-order valence-electron chi connectivity index (χ4n) is 1.98. The van der Waals surface area contributed by atoms with Crippen molar-refractivity contribution in [2.75, 3.05) is 19.0 Å². The number of nitrogens with zero attached hydrogens (tertiary/aromatic N) is 2. The molecule has 110 valence electrons. The van der Waals surface area contributed by atoms with Crippen molar-refractivity contribution in [1.82, 2.24) is 9.97 Å². The Labute approximate surface area is 123 Å². The molecule has 1 heterocycles. The Bertz CT molecular complexity index is 616. The third kappa shape index (κ3) is 3.76. The van der Waals surface area contributed by atoms with Crippen LogP contribution in [0.2, 0.25) is 0 Å². The lowest BCUT2D eigenvalue weighted by molar-refractivity contribution is -0.117. The van der Waals surface area contributed by atoms with Crippen molar-refractivity contribution in [3.05, 3.63) is 47.7 Å². The number of hydrogen-bond acceptors (Lipinski definition) is 5. The normalized spacial score (nSPS) is 11.8. The predicted octanol–water partition coefficient (Wildman–Crippen LogP) is 1.47. The summed E-state index contributed by atoms with van der Waals surface area (Å²) in [6.45, 7) is 2.01. The summed E-state index contributed by atoms with van der Waals surface area (Å²) in [7, 11) is 1.51. The number of carbonyl (C=O) groups is 1. The van der Waals surface area contributed by atoms with Crippen molar-refractivity contribution in [3.63, 3.8) is 0 Å². The quantitative estimate of drug-likeness (QED) is 0.868. The summed E-state index contributed by atoms with van der Waals surface area (Å²) in [6, 6.07) is 11.1. The average molecular weight is 286 g/mol. The number of ether oxygens (including phenoxy) is 1. The Hall–Kier alpha value is -2.47. The molecule has 0 bridgehead atoms. The van der Waals surface area contributed by atoms with E-state index < -0.39 is 5.92 Å².